The lowest BCUT2D eigenvalue weighted by molar-refractivity contribution is -0.150. The monoisotopic (exact) mass is 468 g/mol. The van der Waals surface area contributed by atoms with Crippen molar-refractivity contribution in [3.8, 4) is 11.1 Å². The van der Waals surface area contributed by atoms with Crippen molar-refractivity contribution in [2.75, 3.05) is 24.3 Å². The van der Waals surface area contributed by atoms with E-state index in [4.69, 9.17) is 16.9 Å². The number of rotatable bonds is 5. The number of nitrogen functional groups attached to an aromatic ring is 2. The number of fused-ring (bicyclic) bond motifs is 1. The molecule has 0 aliphatic carbocycles. The highest BCUT2D eigenvalue weighted by atomic mass is 32.2. The molecular formula is C22H24F4N4OS. The minimum atomic E-state index is -4.19. The van der Waals surface area contributed by atoms with E-state index in [-0.39, 0.29) is 11.7 Å². The lowest BCUT2D eigenvalue weighted by Gasteiger charge is -2.18. The van der Waals surface area contributed by atoms with Crippen LogP contribution in [0.4, 0.5) is 29.1 Å². The first-order chi connectivity index (χ1) is 15.0. The molecule has 0 amide bonds. The van der Waals surface area contributed by atoms with Crippen molar-refractivity contribution in [1.29, 1.82) is 5.41 Å². The highest BCUT2D eigenvalue weighted by Crippen LogP contribution is 2.38. The van der Waals surface area contributed by atoms with Crippen LogP contribution in [0.3, 0.4) is 0 Å². The molecule has 172 valence electrons. The Morgan fingerprint density at radius 2 is 1.75 bits per heavy atom. The number of alkyl halides is 3. The molecule has 1 heterocycles. The fourth-order valence-corrected chi connectivity index (χ4v) is 3.28. The second-order valence-corrected chi connectivity index (χ2v) is 7.70. The highest BCUT2D eigenvalue weighted by molar-refractivity contribution is 7.93. The van der Waals surface area contributed by atoms with Crippen molar-refractivity contribution < 1.29 is 21.7 Å². The molecule has 0 unspecified atom stereocenters. The van der Waals surface area contributed by atoms with Crippen LogP contribution in [0, 0.1) is 11.2 Å². The number of hydrogen-bond acceptors (Lipinski definition) is 6. The van der Waals surface area contributed by atoms with Gasteiger partial charge < -0.3 is 21.1 Å². The van der Waals surface area contributed by atoms with Crippen molar-refractivity contribution >= 4 is 40.5 Å². The fourth-order valence-electron chi connectivity index (χ4n) is 3.02. The average Bonchev–Trinajstić information content (AvgIpc) is 2.73. The minimum absolute atomic E-state index is 0.137. The zero-order valence-electron chi connectivity index (χ0n) is 17.8. The van der Waals surface area contributed by atoms with E-state index in [1.165, 1.54) is 24.6 Å². The van der Waals surface area contributed by atoms with Gasteiger partial charge >= 0.3 is 6.18 Å². The van der Waals surface area contributed by atoms with Gasteiger partial charge in [-0.1, -0.05) is 26.0 Å². The van der Waals surface area contributed by atoms with Crippen LogP contribution in [0.5, 0.6) is 0 Å². The smallest absolute Gasteiger partial charge is 0.398 e. The lowest BCUT2D eigenvalue weighted by atomic mass is 9.91. The van der Waals surface area contributed by atoms with Gasteiger partial charge in [-0.15, -0.1) is 0 Å². The van der Waals surface area contributed by atoms with Crippen molar-refractivity contribution in [2.45, 2.75) is 25.9 Å². The summed E-state index contributed by atoms with van der Waals surface area (Å²) in [5.74, 6) is 0.252. The van der Waals surface area contributed by atoms with Gasteiger partial charge in [-0.25, -0.2) is 9.37 Å². The first-order valence-corrected chi connectivity index (χ1v) is 10.6. The zero-order chi connectivity index (χ0) is 24.1. The summed E-state index contributed by atoms with van der Waals surface area (Å²) in [6.07, 6.45) is -1.54. The summed E-state index contributed by atoms with van der Waals surface area (Å²) in [6, 6.07) is 9.91. The predicted molar refractivity (Wildman–Crippen MR) is 123 cm³/mol. The molecule has 0 fully saturated rings. The molecule has 3 aromatic rings. The van der Waals surface area contributed by atoms with Crippen LogP contribution in [0.2, 0.25) is 0 Å². The molecule has 0 saturated carbocycles. The Hall–Kier alpha value is -2.85. The van der Waals surface area contributed by atoms with Crippen LogP contribution >= 0.6 is 12.0 Å². The van der Waals surface area contributed by atoms with Gasteiger partial charge in [0, 0.05) is 34.7 Å². The number of benzene rings is 2. The molecule has 0 aliphatic rings. The first kappa shape index (κ1) is 25.4. The highest BCUT2D eigenvalue weighted by Gasteiger charge is 2.27. The maximum atomic E-state index is 13.3. The third-order valence-corrected chi connectivity index (χ3v) is 4.79. The van der Waals surface area contributed by atoms with E-state index >= 15 is 0 Å². The lowest BCUT2D eigenvalue weighted by Crippen LogP contribution is -2.14. The quantitative estimate of drug-likeness (QED) is 0.180. The first-order valence-electron chi connectivity index (χ1n) is 9.49. The van der Waals surface area contributed by atoms with Gasteiger partial charge in [-0.3, -0.25) is 0 Å². The number of nitrogens with zero attached hydrogens (tertiary/aromatic N) is 1. The SMILES string of the molecule is CC(C)c1nc(N)c2cc(N)c(C=N)cc2c1-c1ccc(F)cc1.CSOCC(F)(F)F. The molecule has 3 rings (SSSR count). The summed E-state index contributed by atoms with van der Waals surface area (Å²) in [7, 11) is 0. The maximum Gasteiger partial charge on any atom is 0.413 e. The molecule has 0 aliphatic heterocycles. The molecule has 10 heteroatoms. The van der Waals surface area contributed by atoms with Crippen LogP contribution in [0.1, 0.15) is 31.0 Å². The normalized spacial score (nSPS) is 11.4. The number of hydrogen-bond donors (Lipinski definition) is 3. The number of nitrogens with two attached hydrogens (primary N) is 2. The van der Waals surface area contributed by atoms with Crippen LogP contribution in [-0.4, -0.2) is 30.2 Å². The minimum Gasteiger partial charge on any atom is -0.398 e. The van der Waals surface area contributed by atoms with Gasteiger partial charge in [-0.2, -0.15) is 13.2 Å². The molecule has 0 spiro atoms. The standard InChI is InChI=1S/C19H19FN4.C3H5F3OS/c1-10(2)18-17(11-3-5-13(20)6-4-11)14-7-12(9-21)16(22)8-15(14)19(23)24-18;1-8-7-2-3(4,5)6/h3-10,21H,22H2,1-2H3,(H2,23,24);2H2,1H3. The summed E-state index contributed by atoms with van der Waals surface area (Å²) < 4.78 is 50.6. The Labute approximate surface area is 187 Å². The molecule has 32 heavy (non-hydrogen) atoms. The number of anilines is 2. The number of aromatic nitrogens is 1. The number of halogens is 4. The summed E-state index contributed by atoms with van der Waals surface area (Å²) in [6.45, 7) is 2.90. The third kappa shape index (κ3) is 6.33. The van der Waals surface area contributed by atoms with E-state index in [0.717, 1.165) is 27.6 Å². The van der Waals surface area contributed by atoms with Gasteiger partial charge in [-0.05, 0) is 53.2 Å². The van der Waals surface area contributed by atoms with Gasteiger partial charge in [0.15, 0.2) is 6.61 Å². The second-order valence-electron chi connectivity index (χ2n) is 7.13. The van der Waals surface area contributed by atoms with E-state index < -0.39 is 12.8 Å². The Morgan fingerprint density at radius 1 is 1.12 bits per heavy atom. The van der Waals surface area contributed by atoms with E-state index in [1.807, 2.05) is 19.9 Å². The third-order valence-electron chi connectivity index (χ3n) is 4.44. The molecule has 0 atom stereocenters. The van der Waals surface area contributed by atoms with Crippen molar-refractivity contribution in [3.05, 3.63) is 53.5 Å². The number of pyridine rings is 1. The van der Waals surface area contributed by atoms with Gasteiger partial charge in [0.25, 0.3) is 0 Å². The predicted octanol–water partition coefficient (Wildman–Crippen LogP) is 6.17. The molecule has 2 aromatic carbocycles. The van der Waals surface area contributed by atoms with E-state index in [9.17, 15) is 17.6 Å². The van der Waals surface area contributed by atoms with Crippen molar-refractivity contribution in [1.82, 2.24) is 4.98 Å². The Bertz CT molecular complexity index is 1090. The van der Waals surface area contributed by atoms with E-state index in [2.05, 4.69) is 9.17 Å². The van der Waals surface area contributed by atoms with Crippen LogP contribution in [0.15, 0.2) is 36.4 Å². The number of nitrogens with one attached hydrogen (secondary N) is 1. The summed E-state index contributed by atoms with van der Waals surface area (Å²) in [4.78, 5) is 4.57. The largest absolute Gasteiger partial charge is 0.413 e. The maximum absolute atomic E-state index is 13.3. The Morgan fingerprint density at radius 3 is 2.22 bits per heavy atom. The molecule has 0 saturated heterocycles. The molecular weight excluding hydrogens is 444 g/mol. The molecule has 1 aromatic heterocycles. The van der Waals surface area contributed by atoms with Crippen LogP contribution in [-0.2, 0) is 4.18 Å². The summed E-state index contributed by atoms with van der Waals surface area (Å²) in [5.41, 5.74) is 15.8. The molecule has 0 radical (unpaired) electrons. The Balaban J connectivity index is 0.000000390. The van der Waals surface area contributed by atoms with Gasteiger partial charge in [0.1, 0.15) is 11.6 Å². The van der Waals surface area contributed by atoms with Crippen molar-refractivity contribution in [2.24, 2.45) is 0 Å². The second kappa shape index (κ2) is 10.6. The van der Waals surface area contributed by atoms with Gasteiger partial charge in [0.2, 0.25) is 0 Å². The molecule has 5 nitrogen and oxygen atoms in total. The van der Waals surface area contributed by atoms with Crippen LogP contribution < -0.4 is 11.5 Å². The average molecular weight is 469 g/mol. The molecule has 0 bridgehead atoms. The zero-order valence-corrected chi connectivity index (χ0v) is 18.6. The van der Waals surface area contributed by atoms with Crippen molar-refractivity contribution in [3.63, 3.8) is 0 Å². The Kier molecular flexibility index (Phi) is 8.45. The summed E-state index contributed by atoms with van der Waals surface area (Å²) >= 11 is 0.708. The summed E-state index contributed by atoms with van der Waals surface area (Å²) in [5, 5.41) is 9.16. The van der Waals surface area contributed by atoms with Crippen LogP contribution in [0.25, 0.3) is 21.9 Å². The van der Waals surface area contributed by atoms with E-state index in [1.54, 1.807) is 18.2 Å². The molecule has 5 N–H and O–H groups in total. The fraction of sp³-hybridized carbons (Fsp3) is 0.273. The van der Waals surface area contributed by atoms with Gasteiger partial charge in [0.05, 0.1) is 5.69 Å². The topological polar surface area (TPSA) is 98.0 Å². The van der Waals surface area contributed by atoms with E-state index in [0.29, 0.717) is 29.1 Å².